The second-order valence-corrected chi connectivity index (χ2v) is 6.45. The summed E-state index contributed by atoms with van der Waals surface area (Å²) in [4.78, 5) is 27.4. The molecule has 4 rings (SSSR count). The van der Waals surface area contributed by atoms with Crippen LogP contribution in [0.5, 0.6) is 0 Å². The zero-order valence-electron chi connectivity index (χ0n) is 12.4. The van der Waals surface area contributed by atoms with Gasteiger partial charge >= 0.3 is 6.03 Å². The van der Waals surface area contributed by atoms with E-state index in [1.54, 1.807) is 11.0 Å². The van der Waals surface area contributed by atoms with Crippen LogP contribution in [0.15, 0.2) is 12.1 Å². The van der Waals surface area contributed by atoms with E-state index in [1.807, 2.05) is 6.07 Å². The Bertz CT molecular complexity index is 594. The van der Waals surface area contributed by atoms with E-state index in [0.29, 0.717) is 24.3 Å². The highest BCUT2D eigenvalue weighted by molar-refractivity contribution is 5.93. The van der Waals surface area contributed by atoms with Crippen molar-refractivity contribution in [1.82, 2.24) is 20.0 Å². The summed E-state index contributed by atoms with van der Waals surface area (Å²) < 4.78 is 0. The second-order valence-electron chi connectivity index (χ2n) is 6.45. The Morgan fingerprint density at radius 2 is 2.05 bits per heavy atom. The highest BCUT2D eigenvalue weighted by Crippen LogP contribution is 2.38. The van der Waals surface area contributed by atoms with Gasteiger partial charge < -0.3 is 4.90 Å². The van der Waals surface area contributed by atoms with Crippen molar-refractivity contribution in [2.75, 3.05) is 25.1 Å². The molecule has 0 radical (unpaired) electrons. The van der Waals surface area contributed by atoms with Gasteiger partial charge in [-0.25, -0.2) is 4.79 Å². The standard InChI is InChI=1S/C15H19N5O2/c21-14-8-20(9-19(14)7-10-1-2-10)15(22)16-13-6-5-12(17-18-13)11-3-4-11/h5-6,10-11H,1-4,7-9H2,(H,16,18,22). The van der Waals surface area contributed by atoms with E-state index in [-0.39, 0.29) is 18.5 Å². The van der Waals surface area contributed by atoms with Crippen LogP contribution in [0, 0.1) is 5.92 Å². The molecular formula is C15H19N5O2. The molecule has 3 amide bonds. The van der Waals surface area contributed by atoms with Crippen LogP contribution in [-0.2, 0) is 4.79 Å². The van der Waals surface area contributed by atoms with E-state index in [4.69, 9.17) is 0 Å². The molecule has 1 aromatic heterocycles. The molecule has 2 heterocycles. The van der Waals surface area contributed by atoms with Crippen LogP contribution in [0.25, 0.3) is 0 Å². The summed E-state index contributed by atoms with van der Waals surface area (Å²) in [7, 11) is 0. The number of carbonyl (C=O) groups excluding carboxylic acids is 2. The van der Waals surface area contributed by atoms with Crippen molar-refractivity contribution in [1.29, 1.82) is 0 Å². The third-order valence-electron chi connectivity index (χ3n) is 4.40. The molecule has 0 unspecified atom stereocenters. The number of amides is 3. The van der Waals surface area contributed by atoms with Gasteiger partial charge in [0.2, 0.25) is 5.91 Å². The van der Waals surface area contributed by atoms with Gasteiger partial charge in [0, 0.05) is 12.5 Å². The van der Waals surface area contributed by atoms with E-state index in [9.17, 15) is 9.59 Å². The Hall–Kier alpha value is -2.18. The predicted molar refractivity (Wildman–Crippen MR) is 79.0 cm³/mol. The number of carbonyl (C=O) groups is 2. The third kappa shape index (κ3) is 2.88. The molecule has 1 aromatic rings. The van der Waals surface area contributed by atoms with E-state index in [1.165, 1.54) is 30.6 Å². The Labute approximate surface area is 128 Å². The highest BCUT2D eigenvalue weighted by Gasteiger charge is 2.34. The summed E-state index contributed by atoms with van der Waals surface area (Å²) in [6.45, 7) is 1.29. The Morgan fingerprint density at radius 3 is 2.68 bits per heavy atom. The summed E-state index contributed by atoms with van der Waals surface area (Å²) in [5.74, 6) is 1.64. The molecule has 7 nitrogen and oxygen atoms in total. The molecule has 3 aliphatic rings. The molecule has 1 N–H and O–H groups in total. The fourth-order valence-corrected chi connectivity index (χ4v) is 2.70. The number of anilines is 1. The minimum atomic E-state index is -0.292. The van der Waals surface area contributed by atoms with Crippen molar-refractivity contribution in [3.8, 4) is 0 Å². The van der Waals surface area contributed by atoms with Gasteiger partial charge in [-0.1, -0.05) is 0 Å². The molecule has 0 atom stereocenters. The number of hydrogen-bond acceptors (Lipinski definition) is 4. The SMILES string of the molecule is O=C1CN(C(=O)Nc2ccc(C3CC3)nn2)CN1CC1CC1. The lowest BCUT2D eigenvalue weighted by atomic mass is 10.3. The molecule has 22 heavy (non-hydrogen) atoms. The van der Waals surface area contributed by atoms with Crippen LogP contribution < -0.4 is 5.32 Å². The van der Waals surface area contributed by atoms with E-state index in [2.05, 4.69) is 15.5 Å². The molecule has 1 aliphatic heterocycles. The van der Waals surface area contributed by atoms with Crippen molar-refractivity contribution in [2.24, 2.45) is 5.92 Å². The maximum atomic E-state index is 12.2. The molecule has 116 valence electrons. The molecule has 0 spiro atoms. The lowest BCUT2D eigenvalue weighted by molar-refractivity contribution is -0.126. The Kier molecular flexibility index (Phi) is 3.20. The number of nitrogens with one attached hydrogen (secondary N) is 1. The van der Waals surface area contributed by atoms with Crippen molar-refractivity contribution >= 4 is 17.8 Å². The summed E-state index contributed by atoms with van der Waals surface area (Å²) in [5, 5.41) is 10.9. The monoisotopic (exact) mass is 301 g/mol. The average molecular weight is 301 g/mol. The van der Waals surface area contributed by atoms with Crippen LogP contribution in [-0.4, -0.2) is 51.7 Å². The fraction of sp³-hybridized carbons (Fsp3) is 0.600. The van der Waals surface area contributed by atoms with Crippen LogP contribution in [0.4, 0.5) is 10.6 Å². The van der Waals surface area contributed by atoms with Gasteiger partial charge in [-0.15, -0.1) is 5.10 Å². The minimum Gasteiger partial charge on any atom is -0.323 e. The molecule has 3 fully saturated rings. The van der Waals surface area contributed by atoms with Crippen LogP contribution in [0.1, 0.15) is 37.3 Å². The molecule has 0 aromatic carbocycles. The number of urea groups is 1. The van der Waals surface area contributed by atoms with Gasteiger partial charge in [0.05, 0.1) is 12.4 Å². The van der Waals surface area contributed by atoms with Crippen LogP contribution >= 0.6 is 0 Å². The van der Waals surface area contributed by atoms with E-state index >= 15 is 0 Å². The van der Waals surface area contributed by atoms with E-state index < -0.39 is 0 Å². The van der Waals surface area contributed by atoms with Gasteiger partial charge in [0.25, 0.3) is 0 Å². The first kappa shape index (κ1) is 13.5. The zero-order chi connectivity index (χ0) is 15.1. The van der Waals surface area contributed by atoms with Crippen LogP contribution in [0.2, 0.25) is 0 Å². The first-order valence-corrected chi connectivity index (χ1v) is 7.86. The maximum Gasteiger partial charge on any atom is 0.324 e. The topological polar surface area (TPSA) is 78.4 Å². The smallest absolute Gasteiger partial charge is 0.323 e. The van der Waals surface area contributed by atoms with Crippen molar-refractivity contribution in [3.05, 3.63) is 17.8 Å². The molecule has 0 bridgehead atoms. The van der Waals surface area contributed by atoms with Gasteiger partial charge in [-0.05, 0) is 43.7 Å². The normalized spacial score (nSPS) is 21.4. The molecule has 2 saturated carbocycles. The molecular weight excluding hydrogens is 282 g/mol. The number of aromatic nitrogens is 2. The molecule has 7 heteroatoms. The zero-order valence-corrected chi connectivity index (χ0v) is 12.4. The second kappa shape index (κ2) is 5.23. The summed E-state index contributed by atoms with van der Waals surface area (Å²) >= 11 is 0. The van der Waals surface area contributed by atoms with Crippen molar-refractivity contribution in [2.45, 2.75) is 31.6 Å². The van der Waals surface area contributed by atoms with Gasteiger partial charge in [0.15, 0.2) is 5.82 Å². The van der Waals surface area contributed by atoms with Crippen molar-refractivity contribution in [3.63, 3.8) is 0 Å². The average Bonchev–Trinajstić information content (AvgIpc) is 3.41. The lowest BCUT2D eigenvalue weighted by Crippen LogP contribution is -2.35. The lowest BCUT2D eigenvalue weighted by Gasteiger charge is -2.18. The quantitative estimate of drug-likeness (QED) is 0.911. The molecule has 1 saturated heterocycles. The first-order chi connectivity index (χ1) is 10.7. The Morgan fingerprint density at radius 1 is 1.23 bits per heavy atom. The van der Waals surface area contributed by atoms with Crippen molar-refractivity contribution < 1.29 is 9.59 Å². The third-order valence-corrected chi connectivity index (χ3v) is 4.40. The summed E-state index contributed by atoms with van der Waals surface area (Å²) in [6, 6.07) is 3.40. The van der Waals surface area contributed by atoms with Crippen LogP contribution in [0.3, 0.4) is 0 Å². The number of nitrogens with zero attached hydrogens (tertiary/aromatic N) is 4. The minimum absolute atomic E-state index is 0.0252. The van der Waals surface area contributed by atoms with Gasteiger partial charge in [0.1, 0.15) is 6.54 Å². The number of rotatable bonds is 4. The Balaban J connectivity index is 1.34. The van der Waals surface area contributed by atoms with Gasteiger partial charge in [-0.3, -0.25) is 15.0 Å². The first-order valence-electron chi connectivity index (χ1n) is 7.86. The summed E-state index contributed by atoms with van der Waals surface area (Å²) in [5.41, 5.74) is 0.991. The predicted octanol–water partition coefficient (Wildman–Crippen LogP) is 1.40. The maximum absolute atomic E-state index is 12.2. The fourth-order valence-electron chi connectivity index (χ4n) is 2.70. The van der Waals surface area contributed by atoms with Gasteiger partial charge in [-0.2, -0.15) is 5.10 Å². The van der Waals surface area contributed by atoms with E-state index in [0.717, 1.165) is 12.2 Å². The number of hydrogen-bond donors (Lipinski definition) is 1. The summed E-state index contributed by atoms with van der Waals surface area (Å²) in [6.07, 6.45) is 4.73. The largest absolute Gasteiger partial charge is 0.324 e. The molecule has 2 aliphatic carbocycles. The highest BCUT2D eigenvalue weighted by atomic mass is 16.2.